The molecule has 0 aliphatic carbocycles. The first kappa shape index (κ1) is 13.0. The van der Waals surface area contributed by atoms with Crippen LogP contribution in [0.3, 0.4) is 0 Å². The number of hydrogen-bond acceptors (Lipinski definition) is 2. The predicted molar refractivity (Wildman–Crippen MR) is 45.6 cm³/mol. The highest BCUT2D eigenvalue weighted by molar-refractivity contribution is 5.82. The Bertz CT molecular complexity index is 229. The first-order chi connectivity index (χ1) is 6.22. The molecule has 0 aliphatic rings. The van der Waals surface area contributed by atoms with Gasteiger partial charge in [-0.1, -0.05) is 19.4 Å². The minimum atomic E-state index is -4.46. The highest BCUT2D eigenvalue weighted by Crippen LogP contribution is 2.15. The molecule has 0 aromatic heterocycles. The van der Waals surface area contributed by atoms with E-state index >= 15 is 0 Å². The Kier molecular flexibility index (Phi) is 4.67. The molecular weight excluding hydrogens is 197 g/mol. The van der Waals surface area contributed by atoms with Crippen molar-refractivity contribution in [2.45, 2.75) is 26.9 Å². The maximum absolute atomic E-state index is 11.6. The van der Waals surface area contributed by atoms with Crippen LogP contribution in [-0.2, 0) is 9.53 Å². The highest BCUT2D eigenvalue weighted by Gasteiger charge is 2.29. The van der Waals surface area contributed by atoms with Crippen LogP contribution in [0.1, 0.15) is 20.8 Å². The average molecular weight is 210 g/mol. The number of carbonyl (C=O) groups is 1. The van der Waals surface area contributed by atoms with Gasteiger partial charge >= 0.3 is 12.1 Å². The van der Waals surface area contributed by atoms with Crippen molar-refractivity contribution in [2.75, 3.05) is 6.61 Å². The van der Waals surface area contributed by atoms with E-state index < -0.39 is 18.8 Å². The number of halogens is 3. The van der Waals surface area contributed by atoms with Crippen LogP contribution >= 0.6 is 0 Å². The molecule has 0 aromatic carbocycles. The summed E-state index contributed by atoms with van der Waals surface area (Å²) in [6.45, 7) is 3.80. The van der Waals surface area contributed by atoms with E-state index in [9.17, 15) is 18.0 Å². The molecule has 5 heteroatoms. The summed E-state index contributed by atoms with van der Waals surface area (Å²) in [6.07, 6.45) is -3.38. The summed E-state index contributed by atoms with van der Waals surface area (Å²) in [4.78, 5) is 10.8. The molecule has 0 bridgehead atoms. The molecule has 0 spiro atoms. The SMILES string of the molecule is C/C(=C\C(=O)OCC(F)(F)F)C(C)C. The average Bonchev–Trinajstić information content (AvgIpc) is 1.99. The lowest BCUT2D eigenvalue weighted by Crippen LogP contribution is -2.19. The first-order valence-electron chi connectivity index (χ1n) is 4.14. The third kappa shape index (κ3) is 6.51. The van der Waals surface area contributed by atoms with Gasteiger partial charge in [-0.15, -0.1) is 0 Å². The maximum atomic E-state index is 11.6. The summed E-state index contributed by atoms with van der Waals surface area (Å²) in [7, 11) is 0. The van der Waals surface area contributed by atoms with E-state index in [1.807, 2.05) is 13.8 Å². The Hall–Kier alpha value is -1.00. The van der Waals surface area contributed by atoms with Crippen molar-refractivity contribution in [3.63, 3.8) is 0 Å². The number of hydrogen-bond donors (Lipinski definition) is 0. The second-order valence-corrected chi connectivity index (χ2v) is 3.27. The third-order valence-electron chi connectivity index (χ3n) is 1.63. The van der Waals surface area contributed by atoms with E-state index in [0.717, 1.165) is 6.08 Å². The fourth-order valence-electron chi connectivity index (χ4n) is 0.547. The fraction of sp³-hybridized carbons (Fsp3) is 0.667. The predicted octanol–water partition coefficient (Wildman–Crippen LogP) is 2.69. The summed E-state index contributed by atoms with van der Waals surface area (Å²) < 4.78 is 38.8. The van der Waals surface area contributed by atoms with Gasteiger partial charge in [0.25, 0.3) is 0 Å². The van der Waals surface area contributed by atoms with Crippen molar-refractivity contribution < 1.29 is 22.7 Å². The van der Waals surface area contributed by atoms with Crippen molar-refractivity contribution in [1.82, 2.24) is 0 Å². The zero-order chi connectivity index (χ0) is 11.4. The first-order valence-corrected chi connectivity index (χ1v) is 4.14. The molecule has 82 valence electrons. The zero-order valence-electron chi connectivity index (χ0n) is 8.31. The summed E-state index contributed by atoms with van der Waals surface area (Å²) >= 11 is 0. The fourth-order valence-corrected chi connectivity index (χ4v) is 0.547. The Balaban J connectivity index is 4.06. The van der Waals surface area contributed by atoms with Crippen molar-refractivity contribution in [3.8, 4) is 0 Å². The topological polar surface area (TPSA) is 26.3 Å². The van der Waals surface area contributed by atoms with Crippen LogP contribution in [0, 0.1) is 5.92 Å². The zero-order valence-corrected chi connectivity index (χ0v) is 8.31. The Morgan fingerprint density at radius 1 is 1.43 bits per heavy atom. The van der Waals surface area contributed by atoms with E-state index in [4.69, 9.17) is 0 Å². The molecule has 0 unspecified atom stereocenters. The number of alkyl halides is 3. The third-order valence-corrected chi connectivity index (χ3v) is 1.63. The van der Waals surface area contributed by atoms with Gasteiger partial charge in [-0.2, -0.15) is 13.2 Å². The standard InChI is InChI=1S/C9H13F3O2/c1-6(2)7(3)4-8(13)14-5-9(10,11)12/h4,6H,5H2,1-3H3/b7-4+. The van der Waals surface area contributed by atoms with Gasteiger partial charge in [-0.3, -0.25) is 0 Å². The Morgan fingerprint density at radius 2 is 1.93 bits per heavy atom. The molecule has 0 fully saturated rings. The van der Waals surface area contributed by atoms with Gasteiger partial charge in [0, 0.05) is 6.08 Å². The number of allylic oxidation sites excluding steroid dienone is 1. The van der Waals surface area contributed by atoms with Gasteiger partial charge in [-0.05, 0) is 12.8 Å². The monoisotopic (exact) mass is 210 g/mol. The van der Waals surface area contributed by atoms with E-state index in [1.165, 1.54) is 0 Å². The lowest BCUT2D eigenvalue weighted by Gasteiger charge is -2.07. The van der Waals surface area contributed by atoms with Crippen molar-refractivity contribution in [2.24, 2.45) is 5.92 Å². The highest BCUT2D eigenvalue weighted by atomic mass is 19.4. The molecule has 0 saturated heterocycles. The molecule has 0 N–H and O–H groups in total. The summed E-state index contributed by atoms with van der Waals surface area (Å²) in [5, 5.41) is 0. The molecule has 0 aromatic rings. The van der Waals surface area contributed by atoms with Gasteiger partial charge in [0.05, 0.1) is 0 Å². The van der Waals surface area contributed by atoms with Crippen molar-refractivity contribution in [1.29, 1.82) is 0 Å². The maximum Gasteiger partial charge on any atom is 0.422 e. The molecule has 0 atom stereocenters. The second-order valence-electron chi connectivity index (χ2n) is 3.27. The molecule has 2 nitrogen and oxygen atoms in total. The van der Waals surface area contributed by atoms with E-state index in [1.54, 1.807) is 6.92 Å². The van der Waals surface area contributed by atoms with Crippen LogP contribution in [0.15, 0.2) is 11.6 Å². The normalized spacial score (nSPS) is 13.2. The molecule has 0 amide bonds. The van der Waals surface area contributed by atoms with Gasteiger partial charge in [-0.25, -0.2) is 4.79 Å². The summed E-state index contributed by atoms with van der Waals surface area (Å²) in [5.74, 6) is -0.832. The molecule has 0 saturated carbocycles. The van der Waals surface area contributed by atoms with Gasteiger partial charge in [0.15, 0.2) is 6.61 Å². The van der Waals surface area contributed by atoms with Gasteiger partial charge < -0.3 is 4.74 Å². The molecular formula is C9H13F3O2. The van der Waals surface area contributed by atoms with E-state index in [0.29, 0.717) is 5.57 Å². The number of rotatable bonds is 3. The molecule has 0 aliphatic heterocycles. The van der Waals surface area contributed by atoms with Gasteiger partial charge in [0.2, 0.25) is 0 Å². The number of ether oxygens (including phenoxy) is 1. The van der Waals surface area contributed by atoms with E-state index in [2.05, 4.69) is 4.74 Å². The van der Waals surface area contributed by atoms with Crippen LogP contribution in [0.25, 0.3) is 0 Å². The lowest BCUT2D eigenvalue weighted by atomic mass is 10.1. The van der Waals surface area contributed by atoms with Crippen LogP contribution in [0.4, 0.5) is 13.2 Å². The lowest BCUT2D eigenvalue weighted by molar-refractivity contribution is -0.182. The molecule has 0 radical (unpaired) electrons. The Morgan fingerprint density at radius 3 is 2.29 bits per heavy atom. The number of carbonyl (C=O) groups excluding carboxylic acids is 1. The minimum absolute atomic E-state index is 0.119. The van der Waals surface area contributed by atoms with Crippen LogP contribution in [0.2, 0.25) is 0 Å². The quantitative estimate of drug-likeness (QED) is 0.528. The smallest absolute Gasteiger partial charge is 0.422 e. The van der Waals surface area contributed by atoms with Crippen LogP contribution in [-0.4, -0.2) is 18.8 Å². The van der Waals surface area contributed by atoms with E-state index in [-0.39, 0.29) is 5.92 Å². The van der Waals surface area contributed by atoms with Gasteiger partial charge in [0.1, 0.15) is 0 Å². The summed E-state index contributed by atoms with van der Waals surface area (Å²) in [5.41, 5.74) is 0.692. The molecule has 0 rings (SSSR count). The number of esters is 1. The minimum Gasteiger partial charge on any atom is -0.453 e. The van der Waals surface area contributed by atoms with Crippen LogP contribution < -0.4 is 0 Å². The summed E-state index contributed by atoms with van der Waals surface area (Å²) in [6, 6.07) is 0. The van der Waals surface area contributed by atoms with Crippen LogP contribution in [0.5, 0.6) is 0 Å². The Labute approximate surface area is 80.7 Å². The van der Waals surface area contributed by atoms with Crippen molar-refractivity contribution in [3.05, 3.63) is 11.6 Å². The molecule has 14 heavy (non-hydrogen) atoms. The largest absolute Gasteiger partial charge is 0.453 e. The second kappa shape index (κ2) is 5.02. The molecule has 0 heterocycles. The van der Waals surface area contributed by atoms with Crippen molar-refractivity contribution >= 4 is 5.97 Å².